The summed E-state index contributed by atoms with van der Waals surface area (Å²) in [4.78, 5) is 15.5. The van der Waals surface area contributed by atoms with Crippen LogP contribution in [0.3, 0.4) is 0 Å². The van der Waals surface area contributed by atoms with Gasteiger partial charge < -0.3 is 4.74 Å². The van der Waals surface area contributed by atoms with Crippen LogP contribution in [-0.4, -0.2) is 25.6 Å². The van der Waals surface area contributed by atoms with E-state index in [2.05, 4.69) is 144 Å². The highest BCUT2D eigenvalue weighted by Crippen LogP contribution is 2.41. The summed E-state index contributed by atoms with van der Waals surface area (Å²) in [5.41, 5.74) is 7.57. The fourth-order valence-corrected chi connectivity index (χ4v) is 7.73. The molecule has 2 unspecified atom stereocenters. The van der Waals surface area contributed by atoms with E-state index in [-0.39, 0.29) is 6.10 Å². The summed E-state index contributed by atoms with van der Waals surface area (Å²) in [6, 6.07) is 46.6. The van der Waals surface area contributed by atoms with Crippen LogP contribution in [0, 0.1) is 5.92 Å². The summed E-state index contributed by atoms with van der Waals surface area (Å²) in [6.07, 6.45) is 10.6. The third-order valence-corrected chi connectivity index (χ3v) is 10.2. The molecule has 6 aromatic carbocycles. The number of aromatic nitrogens is 4. The minimum absolute atomic E-state index is 0.0295. The summed E-state index contributed by atoms with van der Waals surface area (Å²) in [7, 11) is 0. The zero-order valence-corrected chi connectivity index (χ0v) is 27.3. The van der Waals surface area contributed by atoms with Crippen LogP contribution < -0.4 is 4.74 Å². The molecular weight excluding hydrogens is 613 g/mol. The number of rotatable bonds is 4. The molecule has 0 spiro atoms. The highest BCUT2D eigenvalue weighted by atomic mass is 16.5. The molecule has 0 saturated heterocycles. The van der Waals surface area contributed by atoms with Crippen LogP contribution in [0.5, 0.6) is 5.75 Å². The van der Waals surface area contributed by atoms with Crippen molar-refractivity contribution in [2.45, 2.75) is 18.9 Å². The van der Waals surface area contributed by atoms with Crippen molar-refractivity contribution in [1.82, 2.24) is 19.5 Å². The lowest BCUT2D eigenvalue weighted by Gasteiger charge is -2.22. The Hall–Kier alpha value is -6.33. The maximum absolute atomic E-state index is 6.71. The predicted molar refractivity (Wildman–Crippen MR) is 202 cm³/mol. The van der Waals surface area contributed by atoms with Crippen molar-refractivity contribution in [2.24, 2.45) is 5.92 Å². The van der Waals surface area contributed by atoms with Crippen LogP contribution in [0.15, 0.2) is 158 Å². The van der Waals surface area contributed by atoms with Crippen molar-refractivity contribution in [3.8, 4) is 45.6 Å². The second-order valence-corrected chi connectivity index (χ2v) is 13.1. The first-order valence-electron chi connectivity index (χ1n) is 17.3. The van der Waals surface area contributed by atoms with Gasteiger partial charge in [0.15, 0.2) is 11.6 Å². The molecule has 3 heterocycles. The van der Waals surface area contributed by atoms with Crippen molar-refractivity contribution in [2.75, 3.05) is 0 Å². The zero-order chi connectivity index (χ0) is 33.0. The van der Waals surface area contributed by atoms with E-state index in [1.165, 1.54) is 27.3 Å². The average molecular weight is 645 g/mol. The van der Waals surface area contributed by atoms with Gasteiger partial charge in [0.25, 0.3) is 0 Å². The third-order valence-electron chi connectivity index (χ3n) is 10.2. The second kappa shape index (κ2) is 11.7. The first-order chi connectivity index (χ1) is 24.8. The molecule has 2 atom stereocenters. The molecule has 5 heteroatoms. The fourth-order valence-electron chi connectivity index (χ4n) is 7.73. The number of nitrogens with zero attached hydrogens (tertiary/aromatic N) is 4. The number of allylic oxidation sites excluding steroid dienone is 2. The van der Waals surface area contributed by atoms with E-state index >= 15 is 0 Å². The van der Waals surface area contributed by atoms with Crippen molar-refractivity contribution in [1.29, 1.82) is 0 Å². The maximum Gasteiger partial charge on any atom is 0.238 e. The Morgan fingerprint density at radius 2 is 1.26 bits per heavy atom. The van der Waals surface area contributed by atoms with E-state index in [0.717, 1.165) is 51.7 Å². The number of hydrogen-bond acceptors (Lipinski definition) is 4. The van der Waals surface area contributed by atoms with Gasteiger partial charge in [0.1, 0.15) is 11.9 Å². The average Bonchev–Trinajstić information content (AvgIpc) is 3.40. The van der Waals surface area contributed by atoms with Crippen molar-refractivity contribution >= 4 is 32.6 Å². The smallest absolute Gasteiger partial charge is 0.238 e. The molecular formula is C45H32N4O. The van der Waals surface area contributed by atoms with Crippen molar-refractivity contribution in [3.63, 3.8) is 0 Å². The molecule has 0 saturated carbocycles. The van der Waals surface area contributed by atoms with E-state index in [1.807, 2.05) is 18.2 Å². The van der Waals surface area contributed by atoms with Crippen molar-refractivity contribution < 1.29 is 4.74 Å². The molecule has 0 fully saturated rings. The van der Waals surface area contributed by atoms with Crippen molar-refractivity contribution in [3.05, 3.63) is 163 Å². The van der Waals surface area contributed by atoms with Crippen LogP contribution in [0.4, 0.5) is 0 Å². The number of aryl methyl sites for hydroxylation is 1. The summed E-state index contributed by atoms with van der Waals surface area (Å²) in [5.74, 6) is 3.12. The van der Waals surface area contributed by atoms with Gasteiger partial charge in [-0.3, -0.25) is 4.57 Å². The highest BCUT2D eigenvalue weighted by molar-refractivity contribution is 6.10. The molecule has 2 aliphatic rings. The van der Waals surface area contributed by atoms with E-state index in [9.17, 15) is 0 Å². The number of benzene rings is 6. The van der Waals surface area contributed by atoms with E-state index in [1.54, 1.807) is 0 Å². The molecule has 8 aromatic rings. The first-order valence-corrected chi connectivity index (χ1v) is 17.3. The van der Waals surface area contributed by atoms with Gasteiger partial charge in [-0.05, 0) is 59.0 Å². The molecule has 1 aliphatic heterocycles. The van der Waals surface area contributed by atoms with Gasteiger partial charge in [0.2, 0.25) is 5.95 Å². The Kier molecular flexibility index (Phi) is 6.69. The van der Waals surface area contributed by atoms with Gasteiger partial charge in [0, 0.05) is 33.4 Å². The number of fused-ring (bicyclic) bond motifs is 7. The molecule has 0 bridgehead atoms. The minimum Gasteiger partial charge on any atom is -0.485 e. The molecule has 2 aromatic heterocycles. The Bertz CT molecular complexity index is 2630. The Morgan fingerprint density at radius 1 is 0.560 bits per heavy atom. The molecule has 238 valence electrons. The van der Waals surface area contributed by atoms with E-state index in [4.69, 9.17) is 19.7 Å². The van der Waals surface area contributed by atoms with Crippen LogP contribution >= 0.6 is 0 Å². The predicted octanol–water partition coefficient (Wildman–Crippen LogP) is 10.6. The van der Waals surface area contributed by atoms with Gasteiger partial charge >= 0.3 is 0 Å². The number of para-hydroxylation sites is 1. The molecule has 0 radical (unpaired) electrons. The Labute approximate surface area is 289 Å². The Morgan fingerprint density at radius 3 is 2.12 bits per heavy atom. The van der Waals surface area contributed by atoms with Crippen LogP contribution in [-0.2, 0) is 6.42 Å². The summed E-state index contributed by atoms with van der Waals surface area (Å²) >= 11 is 0. The van der Waals surface area contributed by atoms with E-state index < -0.39 is 0 Å². The van der Waals surface area contributed by atoms with Crippen LogP contribution in [0.25, 0.3) is 72.4 Å². The van der Waals surface area contributed by atoms with Gasteiger partial charge in [-0.2, -0.15) is 9.97 Å². The van der Waals surface area contributed by atoms with Gasteiger partial charge in [-0.15, -0.1) is 0 Å². The first kappa shape index (κ1) is 28.7. The molecule has 0 N–H and O–H groups in total. The number of ether oxygens (including phenoxy) is 1. The molecule has 50 heavy (non-hydrogen) atoms. The Balaban J connectivity index is 1.17. The summed E-state index contributed by atoms with van der Waals surface area (Å²) < 4.78 is 8.94. The lowest BCUT2D eigenvalue weighted by atomic mass is 9.92. The van der Waals surface area contributed by atoms with Gasteiger partial charge in [-0.1, -0.05) is 133 Å². The van der Waals surface area contributed by atoms with E-state index in [0.29, 0.717) is 23.5 Å². The summed E-state index contributed by atoms with van der Waals surface area (Å²) in [5, 5.41) is 4.79. The SMILES string of the molecule is C1=CC2CCc3c(ccc4c5ccccc5n(-c5nc(-c6ccccc6)nc(-c6ccc(-c7cccc8ccccc78)cc6)n5)c34)OC2C=C1. The largest absolute Gasteiger partial charge is 0.485 e. The quantitative estimate of drug-likeness (QED) is 0.191. The zero-order valence-electron chi connectivity index (χ0n) is 27.3. The second-order valence-electron chi connectivity index (χ2n) is 13.1. The topological polar surface area (TPSA) is 52.8 Å². The maximum atomic E-state index is 6.71. The fraction of sp³-hybridized carbons (Fsp3) is 0.0889. The molecule has 0 amide bonds. The molecule has 1 aliphatic carbocycles. The monoisotopic (exact) mass is 644 g/mol. The van der Waals surface area contributed by atoms with Gasteiger partial charge in [-0.25, -0.2) is 4.98 Å². The lowest BCUT2D eigenvalue weighted by molar-refractivity contribution is 0.205. The molecule has 10 rings (SSSR count). The molecule has 5 nitrogen and oxygen atoms in total. The lowest BCUT2D eigenvalue weighted by Crippen LogP contribution is -2.23. The summed E-state index contributed by atoms with van der Waals surface area (Å²) in [6.45, 7) is 0. The minimum atomic E-state index is 0.0295. The standard InChI is InChI=1S/C45H32N4O/c1-2-13-32(14-3-1)43-46-44(33-23-21-30(22-24-33)35-18-10-15-29-11-4-6-16-34(29)35)48-45(47-43)49-39-19-8-7-17-36(39)37-27-28-41-38(42(37)49)26-25-31-12-5-9-20-40(31)50-41/h1-24,27-28,31,40H,25-26H2. The van der Waals surface area contributed by atoms with Gasteiger partial charge in [0.05, 0.1) is 11.0 Å². The normalized spacial score (nSPS) is 16.6. The number of hydrogen-bond donors (Lipinski definition) is 0. The highest BCUT2D eigenvalue weighted by Gasteiger charge is 2.29. The third kappa shape index (κ3) is 4.73. The van der Waals surface area contributed by atoms with Crippen LogP contribution in [0.2, 0.25) is 0 Å². The van der Waals surface area contributed by atoms with Crippen LogP contribution in [0.1, 0.15) is 12.0 Å².